The van der Waals surface area contributed by atoms with E-state index in [9.17, 15) is 5.11 Å². The predicted molar refractivity (Wildman–Crippen MR) is 60.4 cm³/mol. The Labute approximate surface area is 92.3 Å². The van der Waals surface area contributed by atoms with Crippen molar-refractivity contribution in [2.24, 2.45) is 5.41 Å². The van der Waals surface area contributed by atoms with Crippen LogP contribution in [0, 0.1) is 11.8 Å². The Kier molecular flexibility index (Phi) is 2.29. The molecule has 1 saturated carbocycles. The van der Waals surface area contributed by atoms with E-state index in [4.69, 9.17) is 4.74 Å². The molecule has 15 heavy (non-hydrogen) atoms. The number of hydrogen-bond donors (Lipinski definition) is 1. The molecule has 1 saturated heterocycles. The fourth-order valence-corrected chi connectivity index (χ4v) is 3.31. The molecule has 0 aromatic carbocycles. The van der Waals surface area contributed by atoms with Gasteiger partial charge in [-0.1, -0.05) is 32.9 Å². The first-order chi connectivity index (χ1) is 6.87. The first-order valence-electron chi connectivity index (χ1n) is 5.72. The highest BCUT2D eigenvalue weighted by Crippen LogP contribution is 2.65. The summed E-state index contributed by atoms with van der Waals surface area (Å²) in [6.07, 6.45) is 7.60. The van der Waals surface area contributed by atoms with Gasteiger partial charge in [-0.2, -0.15) is 0 Å². The minimum Gasteiger partial charge on any atom is -0.393 e. The van der Waals surface area contributed by atoms with Crippen molar-refractivity contribution in [3.05, 3.63) is 18.6 Å². The molecule has 3 atom stereocenters. The predicted octanol–water partition coefficient (Wildman–Crippen LogP) is 2.48. The first kappa shape index (κ1) is 11.2. The second-order valence-corrected chi connectivity index (χ2v) is 5.71. The maximum atomic E-state index is 9.84. The zero-order valence-electron chi connectivity index (χ0n) is 10.1. The first-order valence-corrected chi connectivity index (χ1v) is 5.72. The zero-order chi connectivity index (χ0) is 11.3. The highest BCUT2D eigenvalue weighted by Gasteiger charge is 2.74. The van der Waals surface area contributed by atoms with Crippen molar-refractivity contribution in [3.63, 3.8) is 0 Å². The molecule has 0 amide bonds. The van der Waals surface area contributed by atoms with Gasteiger partial charge in [0.05, 0.1) is 6.10 Å². The average Bonchev–Trinajstić information content (AvgIpc) is 2.67. The summed E-state index contributed by atoms with van der Waals surface area (Å²) >= 11 is 0. The van der Waals surface area contributed by atoms with Gasteiger partial charge in [-0.3, -0.25) is 0 Å². The number of fused-ring (bicyclic) bond motifs is 1. The minimum atomic E-state index is -0.223. The van der Waals surface area contributed by atoms with Gasteiger partial charge < -0.3 is 9.84 Å². The summed E-state index contributed by atoms with van der Waals surface area (Å²) in [5.74, 6) is 0. The van der Waals surface area contributed by atoms with E-state index in [1.54, 1.807) is 0 Å². The molecule has 1 radical (unpaired) electrons. The van der Waals surface area contributed by atoms with Crippen LogP contribution < -0.4 is 0 Å². The molecular weight excluding hydrogens is 188 g/mol. The SMILES string of the molecule is C[CH]/C=C/[C@@]12O[C@]1(C)C[C@H](O)CC2(C)C. The molecule has 0 unspecified atom stereocenters. The van der Waals surface area contributed by atoms with Crippen molar-refractivity contribution in [3.8, 4) is 0 Å². The average molecular weight is 209 g/mol. The normalized spacial score (nSPS) is 47.9. The lowest BCUT2D eigenvalue weighted by Gasteiger charge is -2.39. The summed E-state index contributed by atoms with van der Waals surface area (Å²) in [4.78, 5) is 0. The summed E-state index contributed by atoms with van der Waals surface area (Å²) in [7, 11) is 0. The van der Waals surface area contributed by atoms with Crippen LogP contribution in [0.3, 0.4) is 0 Å². The maximum absolute atomic E-state index is 9.84. The molecule has 1 aliphatic carbocycles. The molecule has 85 valence electrons. The molecule has 1 heterocycles. The highest BCUT2D eigenvalue weighted by atomic mass is 16.6. The van der Waals surface area contributed by atoms with Crippen molar-refractivity contribution in [1.82, 2.24) is 0 Å². The largest absolute Gasteiger partial charge is 0.393 e. The number of aliphatic hydroxyl groups excluding tert-OH is 1. The number of rotatable bonds is 2. The summed E-state index contributed by atoms with van der Waals surface area (Å²) in [6, 6.07) is 0. The molecule has 2 fully saturated rings. The van der Waals surface area contributed by atoms with E-state index in [0.717, 1.165) is 12.8 Å². The molecule has 0 aromatic heterocycles. The second-order valence-electron chi connectivity index (χ2n) is 5.71. The van der Waals surface area contributed by atoms with Crippen LogP contribution in [0.2, 0.25) is 0 Å². The number of ether oxygens (including phenoxy) is 1. The Balaban J connectivity index is 2.29. The summed E-state index contributed by atoms with van der Waals surface area (Å²) < 4.78 is 5.97. The third kappa shape index (κ3) is 1.38. The molecule has 0 bridgehead atoms. The standard InChI is InChI=1S/C13H21O2/c1-5-6-7-13-11(2,3)8-10(14)9-12(13,4)15-13/h5-7,10,14H,8-9H2,1-4H3/b7-6+/t10-,12-,13+/m1/s1. The second kappa shape index (κ2) is 3.08. The van der Waals surface area contributed by atoms with Crippen LogP contribution >= 0.6 is 0 Å². The van der Waals surface area contributed by atoms with Crippen LogP contribution in [-0.2, 0) is 4.74 Å². The topological polar surface area (TPSA) is 32.8 Å². The van der Waals surface area contributed by atoms with E-state index >= 15 is 0 Å². The molecule has 2 heteroatoms. The molecule has 0 spiro atoms. The van der Waals surface area contributed by atoms with Crippen molar-refractivity contribution in [2.45, 2.75) is 57.8 Å². The smallest absolute Gasteiger partial charge is 0.121 e. The van der Waals surface area contributed by atoms with Gasteiger partial charge in [-0.15, -0.1) is 0 Å². The molecule has 2 aliphatic rings. The Bertz CT molecular complexity index is 295. The van der Waals surface area contributed by atoms with Crippen LogP contribution in [0.15, 0.2) is 12.2 Å². The zero-order valence-corrected chi connectivity index (χ0v) is 10.1. The van der Waals surface area contributed by atoms with Crippen molar-refractivity contribution in [2.75, 3.05) is 0 Å². The van der Waals surface area contributed by atoms with Gasteiger partial charge in [-0.05, 0) is 19.8 Å². The Hall–Kier alpha value is -0.340. The van der Waals surface area contributed by atoms with Crippen LogP contribution in [-0.4, -0.2) is 22.4 Å². The summed E-state index contributed by atoms with van der Waals surface area (Å²) in [5, 5.41) is 9.84. The quantitative estimate of drug-likeness (QED) is 0.709. The van der Waals surface area contributed by atoms with E-state index in [2.05, 4.69) is 32.9 Å². The lowest BCUT2D eigenvalue weighted by Crippen LogP contribution is -2.46. The monoisotopic (exact) mass is 209 g/mol. The van der Waals surface area contributed by atoms with Crippen molar-refractivity contribution >= 4 is 0 Å². The summed E-state index contributed by atoms with van der Waals surface area (Å²) in [6.45, 7) is 8.48. The van der Waals surface area contributed by atoms with Gasteiger partial charge in [0.1, 0.15) is 11.2 Å². The fraction of sp³-hybridized carbons (Fsp3) is 0.769. The van der Waals surface area contributed by atoms with Crippen LogP contribution in [0.5, 0.6) is 0 Å². The van der Waals surface area contributed by atoms with Crippen molar-refractivity contribution in [1.29, 1.82) is 0 Å². The van der Waals surface area contributed by atoms with E-state index in [-0.39, 0.29) is 22.7 Å². The number of hydrogen-bond acceptors (Lipinski definition) is 2. The Morgan fingerprint density at radius 1 is 1.27 bits per heavy atom. The molecule has 1 aliphatic heterocycles. The Morgan fingerprint density at radius 3 is 2.47 bits per heavy atom. The van der Waals surface area contributed by atoms with Gasteiger partial charge in [0.25, 0.3) is 0 Å². The molecule has 2 nitrogen and oxygen atoms in total. The maximum Gasteiger partial charge on any atom is 0.121 e. The third-order valence-corrected chi connectivity index (χ3v) is 4.03. The van der Waals surface area contributed by atoms with Gasteiger partial charge in [0.2, 0.25) is 0 Å². The van der Waals surface area contributed by atoms with Gasteiger partial charge >= 0.3 is 0 Å². The Morgan fingerprint density at radius 2 is 1.93 bits per heavy atom. The van der Waals surface area contributed by atoms with E-state index in [1.165, 1.54) is 0 Å². The highest BCUT2D eigenvalue weighted by molar-refractivity contribution is 5.32. The van der Waals surface area contributed by atoms with Gasteiger partial charge in [-0.25, -0.2) is 0 Å². The third-order valence-electron chi connectivity index (χ3n) is 4.03. The lowest BCUT2D eigenvalue weighted by atomic mass is 9.63. The van der Waals surface area contributed by atoms with Crippen LogP contribution in [0.25, 0.3) is 0 Å². The van der Waals surface area contributed by atoms with Gasteiger partial charge in [0, 0.05) is 11.8 Å². The van der Waals surface area contributed by atoms with Crippen LogP contribution in [0.1, 0.15) is 40.5 Å². The lowest BCUT2D eigenvalue weighted by molar-refractivity contribution is 0.0515. The van der Waals surface area contributed by atoms with Crippen molar-refractivity contribution < 1.29 is 9.84 Å². The minimum absolute atomic E-state index is 0.0128. The number of epoxide rings is 1. The molecule has 2 rings (SSSR count). The number of allylic oxidation sites excluding steroid dienone is 1. The van der Waals surface area contributed by atoms with Gasteiger partial charge in [0.15, 0.2) is 0 Å². The number of aliphatic hydroxyl groups is 1. The summed E-state index contributed by atoms with van der Waals surface area (Å²) in [5.41, 5.74) is -0.307. The molecular formula is C13H21O2. The van der Waals surface area contributed by atoms with E-state index in [1.807, 2.05) is 13.3 Å². The molecule has 0 aromatic rings. The van der Waals surface area contributed by atoms with Crippen LogP contribution in [0.4, 0.5) is 0 Å². The van der Waals surface area contributed by atoms with E-state index < -0.39 is 0 Å². The fourth-order valence-electron chi connectivity index (χ4n) is 3.31. The van der Waals surface area contributed by atoms with E-state index in [0.29, 0.717) is 0 Å². The molecule has 1 N–H and O–H groups in total.